The molecule has 22 heavy (non-hydrogen) atoms. The van der Waals surface area contributed by atoms with Crippen molar-refractivity contribution in [1.82, 2.24) is 0 Å². The molecule has 0 bridgehead atoms. The number of fused-ring (bicyclic) bond motifs is 1. The van der Waals surface area contributed by atoms with Crippen LogP contribution in [-0.4, -0.2) is 14.2 Å². The van der Waals surface area contributed by atoms with Gasteiger partial charge >= 0.3 is 0 Å². The maximum atomic E-state index is 12.4. The third-order valence-corrected chi connectivity index (χ3v) is 3.67. The number of benzene rings is 2. The summed E-state index contributed by atoms with van der Waals surface area (Å²) in [6.07, 6.45) is 0. The first-order chi connectivity index (χ1) is 10.6. The topological polar surface area (TPSA) is 42.7 Å². The van der Waals surface area contributed by atoms with Crippen molar-refractivity contribution in [2.45, 2.75) is 6.92 Å². The van der Waals surface area contributed by atoms with Gasteiger partial charge < -0.3 is 4.42 Å². The highest BCUT2D eigenvalue weighted by atomic mass is 16.7. The summed E-state index contributed by atoms with van der Waals surface area (Å²) in [4.78, 5) is 17.6. The van der Waals surface area contributed by atoms with Crippen LogP contribution in [0.2, 0.25) is 0 Å². The summed E-state index contributed by atoms with van der Waals surface area (Å²) in [5.41, 5.74) is 3.22. The Morgan fingerprint density at radius 1 is 1.09 bits per heavy atom. The first-order valence-electron chi connectivity index (χ1n) is 7.02. The Hall–Kier alpha value is -2.59. The summed E-state index contributed by atoms with van der Waals surface area (Å²) in [5.74, 6) is 0.529. The molecule has 0 aliphatic carbocycles. The van der Waals surface area contributed by atoms with E-state index in [1.54, 1.807) is 19.2 Å². The second-order valence-corrected chi connectivity index (χ2v) is 5.17. The second kappa shape index (κ2) is 5.66. The van der Waals surface area contributed by atoms with Crippen LogP contribution in [0.4, 0.5) is 5.69 Å². The van der Waals surface area contributed by atoms with Gasteiger partial charge in [-0.25, -0.2) is 0 Å². The minimum Gasteiger partial charge on any atom is -0.456 e. The first-order valence-corrected chi connectivity index (χ1v) is 7.02. The van der Waals surface area contributed by atoms with Gasteiger partial charge in [-0.05, 0) is 31.2 Å². The molecule has 0 aliphatic rings. The van der Waals surface area contributed by atoms with E-state index in [4.69, 9.17) is 9.25 Å². The molecule has 0 saturated carbocycles. The van der Waals surface area contributed by atoms with Crippen LogP contribution in [0.25, 0.3) is 22.3 Å². The summed E-state index contributed by atoms with van der Waals surface area (Å²) in [6.45, 7) is 1.95. The fourth-order valence-electron chi connectivity index (χ4n) is 2.46. The predicted molar refractivity (Wildman–Crippen MR) is 88.1 cm³/mol. The van der Waals surface area contributed by atoms with Crippen molar-refractivity contribution in [3.8, 4) is 11.3 Å². The normalized spacial score (nSPS) is 10.9. The minimum absolute atomic E-state index is 0.0465. The van der Waals surface area contributed by atoms with Crippen molar-refractivity contribution in [3.05, 3.63) is 64.3 Å². The SMILES string of the molecule is CON(C)c1ccccc1-c1cc(=O)c2cc(C)ccc2o1. The summed E-state index contributed by atoms with van der Waals surface area (Å²) in [6, 6.07) is 14.8. The second-order valence-electron chi connectivity index (χ2n) is 5.17. The Labute approximate surface area is 128 Å². The summed E-state index contributed by atoms with van der Waals surface area (Å²) in [5, 5.41) is 2.23. The summed E-state index contributed by atoms with van der Waals surface area (Å²) >= 11 is 0. The van der Waals surface area contributed by atoms with Gasteiger partial charge in [0.25, 0.3) is 0 Å². The van der Waals surface area contributed by atoms with E-state index >= 15 is 0 Å². The lowest BCUT2D eigenvalue weighted by Gasteiger charge is -2.19. The highest BCUT2D eigenvalue weighted by Gasteiger charge is 2.13. The van der Waals surface area contributed by atoms with Gasteiger partial charge in [0.2, 0.25) is 0 Å². The van der Waals surface area contributed by atoms with Crippen LogP contribution in [0.1, 0.15) is 5.56 Å². The Morgan fingerprint density at radius 3 is 2.64 bits per heavy atom. The number of hydrogen-bond acceptors (Lipinski definition) is 4. The van der Waals surface area contributed by atoms with E-state index in [0.29, 0.717) is 16.7 Å². The lowest BCUT2D eigenvalue weighted by Crippen LogP contribution is -2.15. The zero-order valence-corrected chi connectivity index (χ0v) is 12.8. The predicted octanol–water partition coefficient (Wildman–Crippen LogP) is 3.77. The van der Waals surface area contributed by atoms with E-state index in [9.17, 15) is 4.79 Å². The van der Waals surface area contributed by atoms with E-state index in [2.05, 4.69) is 0 Å². The highest BCUT2D eigenvalue weighted by Crippen LogP contribution is 2.31. The van der Waals surface area contributed by atoms with Crippen LogP contribution in [0.15, 0.2) is 57.7 Å². The van der Waals surface area contributed by atoms with Gasteiger partial charge in [0, 0.05) is 18.7 Å². The fourth-order valence-corrected chi connectivity index (χ4v) is 2.46. The maximum Gasteiger partial charge on any atom is 0.193 e. The van der Waals surface area contributed by atoms with Crippen molar-refractivity contribution in [1.29, 1.82) is 0 Å². The lowest BCUT2D eigenvalue weighted by atomic mass is 10.1. The van der Waals surface area contributed by atoms with Crippen LogP contribution in [0.3, 0.4) is 0 Å². The van der Waals surface area contributed by atoms with Gasteiger partial charge in [0.1, 0.15) is 11.3 Å². The molecule has 112 valence electrons. The van der Waals surface area contributed by atoms with E-state index in [-0.39, 0.29) is 5.43 Å². The number of nitrogens with zero attached hydrogens (tertiary/aromatic N) is 1. The summed E-state index contributed by atoms with van der Waals surface area (Å²) in [7, 11) is 3.40. The third kappa shape index (κ3) is 2.49. The zero-order chi connectivity index (χ0) is 15.7. The van der Waals surface area contributed by atoms with Crippen molar-refractivity contribution >= 4 is 16.7 Å². The molecule has 0 fully saturated rings. The van der Waals surface area contributed by atoms with Crippen LogP contribution in [-0.2, 0) is 4.84 Å². The van der Waals surface area contributed by atoms with Crippen molar-refractivity contribution < 1.29 is 9.25 Å². The Kier molecular flexibility index (Phi) is 3.69. The molecule has 0 N–H and O–H groups in total. The Balaban J connectivity index is 2.24. The number of aryl methyl sites for hydroxylation is 1. The molecule has 0 amide bonds. The summed E-state index contributed by atoms with van der Waals surface area (Å²) < 4.78 is 5.94. The Morgan fingerprint density at radius 2 is 1.86 bits per heavy atom. The average Bonchev–Trinajstić information content (AvgIpc) is 2.54. The molecule has 0 radical (unpaired) electrons. The first kappa shape index (κ1) is 14.4. The standard InChI is InChI=1S/C18H17NO3/c1-12-8-9-17-14(10-12)16(20)11-18(22-17)13-6-4-5-7-15(13)19(2)21-3/h4-11H,1-3H3. The smallest absolute Gasteiger partial charge is 0.193 e. The van der Waals surface area contributed by atoms with Crippen LogP contribution in [0.5, 0.6) is 0 Å². The molecule has 0 unspecified atom stereocenters. The molecule has 4 nitrogen and oxygen atoms in total. The van der Waals surface area contributed by atoms with Crippen molar-refractivity contribution in [2.24, 2.45) is 0 Å². The molecular weight excluding hydrogens is 278 g/mol. The molecule has 2 aromatic carbocycles. The van der Waals surface area contributed by atoms with Crippen molar-refractivity contribution in [2.75, 3.05) is 19.2 Å². The zero-order valence-electron chi connectivity index (χ0n) is 12.8. The van der Waals surface area contributed by atoms with E-state index in [1.165, 1.54) is 6.07 Å². The highest BCUT2D eigenvalue weighted by molar-refractivity contribution is 5.82. The minimum atomic E-state index is -0.0465. The molecule has 0 saturated heterocycles. The number of hydrogen-bond donors (Lipinski definition) is 0. The molecular formula is C18H17NO3. The van der Waals surface area contributed by atoms with Gasteiger partial charge in [0.05, 0.1) is 18.2 Å². The van der Waals surface area contributed by atoms with Gasteiger partial charge in [-0.3, -0.25) is 14.7 Å². The monoisotopic (exact) mass is 295 g/mol. The molecule has 4 heteroatoms. The largest absolute Gasteiger partial charge is 0.456 e. The van der Waals surface area contributed by atoms with Crippen LogP contribution >= 0.6 is 0 Å². The van der Waals surface area contributed by atoms with Crippen LogP contribution in [0, 0.1) is 6.92 Å². The number of hydroxylamine groups is 1. The van der Waals surface area contributed by atoms with Gasteiger partial charge in [-0.15, -0.1) is 0 Å². The van der Waals surface area contributed by atoms with Crippen LogP contribution < -0.4 is 10.5 Å². The number of rotatable bonds is 3. The van der Waals surface area contributed by atoms with E-state index in [1.807, 2.05) is 49.4 Å². The Bertz CT molecular complexity index is 883. The third-order valence-electron chi connectivity index (χ3n) is 3.67. The average molecular weight is 295 g/mol. The van der Waals surface area contributed by atoms with Gasteiger partial charge in [-0.1, -0.05) is 23.8 Å². The molecule has 0 spiro atoms. The fraction of sp³-hybridized carbons (Fsp3) is 0.167. The molecule has 1 aromatic heterocycles. The van der Waals surface area contributed by atoms with Gasteiger partial charge in [0.15, 0.2) is 5.43 Å². The number of para-hydroxylation sites is 1. The quantitative estimate of drug-likeness (QED) is 0.690. The maximum absolute atomic E-state index is 12.4. The van der Waals surface area contributed by atoms with E-state index in [0.717, 1.165) is 16.8 Å². The molecule has 0 atom stereocenters. The van der Waals surface area contributed by atoms with Crippen molar-refractivity contribution in [3.63, 3.8) is 0 Å². The number of anilines is 1. The molecule has 3 rings (SSSR count). The molecule has 0 aliphatic heterocycles. The van der Waals surface area contributed by atoms with E-state index < -0.39 is 0 Å². The molecule has 3 aromatic rings. The lowest BCUT2D eigenvalue weighted by molar-refractivity contribution is 0.185. The van der Waals surface area contributed by atoms with Gasteiger partial charge in [-0.2, -0.15) is 0 Å². The molecule has 1 heterocycles.